The number of carbonyl (C=O) groups is 1. The number of aliphatic hydroxyl groups is 1. The molecule has 6 heteroatoms. The molecule has 0 aliphatic heterocycles. The summed E-state index contributed by atoms with van der Waals surface area (Å²) in [6, 6.07) is 9.01. The Hall–Kier alpha value is -2.31. The molecule has 0 aliphatic rings. The van der Waals surface area contributed by atoms with E-state index < -0.39 is 5.91 Å². The van der Waals surface area contributed by atoms with Gasteiger partial charge in [0.2, 0.25) is 0 Å². The Bertz CT molecular complexity index is 580. The van der Waals surface area contributed by atoms with Crippen LogP contribution < -0.4 is 16.0 Å². The van der Waals surface area contributed by atoms with E-state index >= 15 is 0 Å². The highest BCUT2D eigenvalue weighted by atomic mass is 16.5. The maximum absolute atomic E-state index is 11.3. The highest BCUT2D eigenvalue weighted by Gasteiger charge is 2.10. The van der Waals surface area contributed by atoms with Crippen LogP contribution in [0.3, 0.4) is 0 Å². The minimum Gasteiger partial charge on any atom is -0.485 e. The summed E-state index contributed by atoms with van der Waals surface area (Å²) in [6.07, 6.45) is 1.84. The molecule has 0 spiro atoms. The molecule has 0 unspecified atom stereocenters. The number of nitrogens with one attached hydrogen (secondary N) is 1. The molecule has 1 amide bonds. The van der Waals surface area contributed by atoms with E-state index in [1.54, 1.807) is 6.07 Å². The summed E-state index contributed by atoms with van der Waals surface area (Å²) >= 11 is 0. The van der Waals surface area contributed by atoms with Gasteiger partial charge in [0.05, 0.1) is 5.56 Å². The maximum atomic E-state index is 11.3. The van der Waals surface area contributed by atoms with Crippen LogP contribution >= 0.6 is 0 Å². The molecule has 0 saturated heterocycles. The van der Waals surface area contributed by atoms with Crippen LogP contribution in [-0.4, -0.2) is 17.6 Å². The molecule has 0 bridgehead atoms. The largest absolute Gasteiger partial charge is 0.485 e. The number of carbonyl (C=O) groups excluding carboxylic acids is 1. The lowest BCUT2D eigenvalue weighted by molar-refractivity contribution is 0.0953. The van der Waals surface area contributed by atoms with Crippen molar-refractivity contribution in [3.63, 3.8) is 0 Å². The van der Waals surface area contributed by atoms with Crippen molar-refractivity contribution >= 4 is 5.91 Å². The van der Waals surface area contributed by atoms with Gasteiger partial charge >= 0.3 is 0 Å². The van der Waals surface area contributed by atoms with Crippen molar-refractivity contribution in [3.05, 3.63) is 53.5 Å². The van der Waals surface area contributed by atoms with Crippen LogP contribution in [0.25, 0.3) is 0 Å². The molecule has 2 rings (SSSR count). The van der Waals surface area contributed by atoms with Crippen LogP contribution in [0.1, 0.15) is 21.7 Å². The monoisotopic (exact) mass is 276 g/mol. The number of hydrogen-bond acceptors (Lipinski definition) is 5. The Morgan fingerprint density at radius 3 is 2.95 bits per heavy atom. The molecule has 1 aromatic heterocycles. The number of aliphatic hydroxyl groups excluding tert-OH is 1. The van der Waals surface area contributed by atoms with Gasteiger partial charge in [-0.05, 0) is 24.1 Å². The zero-order valence-corrected chi connectivity index (χ0v) is 10.8. The Morgan fingerprint density at radius 1 is 1.40 bits per heavy atom. The molecule has 0 atom stereocenters. The average molecular weight is 276 g/mol. The van der Waals surface area contributed by atoms with Crippen molar-refractivity contribution in [1.82, 2.24) is 5.43 Å². The highest BCUT2D eigenvalue weighted by molar-refractivity contribution is 5.93. The smallest absolute Gasteiger partial charge is 0.268 e. The maximum Gasteiger partial charge on any atom is 0.268 e. The molecule has 4 N–H and O–H groups in total. The predicted octanol–water partition coefficient (Wildman–Crippen LogP) is 0.997. The number of rotatable bonds is 6. The summed E-state index contributed by atoms with van der Waals surface area (Å²) in [5.41, 5.74) is 3.29. The number of hydrazine groups is 1. The van der Waals surface area contributed by atoms with Gasteiger partial charge in [0.15, 0.2) is 0 Å². The molecular weight excluding hydrogens is 260 g/mol. The third-order valence-corrected chi connectivity index (χ3v) is 2.77. The molecular formula is C14H16N2O4. The lowest BCUT2D eigenvalue weighted by Gasteiger charge is -2.09. The van der Waals surface area contributed by atoms with Crippen molar-refractivity contribution in [2.45, 2.75) is 13.0 Å². The van der Waals surface area contributed by atoms with Gasteiger partial charge in [-0.25, -0.2) is 5.84 Å². The van der Waals surface area contributed by atoms with E-state index in [1.807, 2.05) is 29.7 Å². The predicted molar refractivity (Wildman–Crippen MR) is 71.9 cm³/mol. The van der Waals surface area contributed by atoms with E-state index in [2.05, 4.69) is 0 Å². The summed E-state index contributed by atoms with van der Waals surface area (Å²) in [4.78, 5) is 11.3. The average Bonchev–Trinajstić information content (AvgIpc) is 2.95. The lowest BCUT2D eigenvalue weighted by Crippen LogP contribution is -2.29. The fourth-order valence-corrected chi connectivity index (χ4v) is 1.78. The molecule has 0 radical (unpaired) electrons. The minimum atomic E-state index is -0.416. The number of nitrogens with two attached hydrogens (primary N) is 1. The number of amides is 1. The Morgan fingerprint density at radius 2 is 2.20 bits per heavy atom. The van der Waals surface area contributed by atoms with Crippen molar-refractivity contribution in [3.8, 4) is 5.75 Å². The van der Waals surface area contributed by atoms with Gasteiger partial charge in [-0.15, -0.1) is 0 Å². The van der Waals surface area contributed by atoms with Crippen LogP contribution in [0.15, 0.2) is 41.0 Å². The standard InChI is InChI=1S/C14H16N2O4/c15-16-14(18)11-7-12(19-8-11)9-20-13-4-2-1-3-10(13)5-6-17/h1-4,7-8,17H,5-6,9,15H2,(H,16,18). The first-order chi connectivity index (χ1) is 9.74. The first kappa shape index (κ1) is 14.1. The number of benzene rings is 1. The second-order valence-corrected chi connectivity index (χ2v) is 4.15. The van der Waals surface area contributed by atoms with Gasteiger partial charge in [0.25, 0.3) is 5.91 Å². The van der Waals surface area contributed by atoms with Crippen LogP contribution in [0, 0.1) is 0 Å². The fourth-order valence-electron chi connectivity index (χ4n) is 1.78. The third kappa shape index (κ3) is 3.37. The second kappa shape index (κ2) is 6.74. The molecule has 0 aliphatic carbocycles. The molecule has 106 valence electrons. The van der Waals surface area contributed by atoms with Crippen LogP contribution in [0.5, 0.6) is 5.75 Å². The van der Waals surface area contributed by atoms with E-state index in [9.17, 15) is 4.79 Å². The molecule has 0 fully saturated rings. The van der Waals surface area contributed by atoms with Gasteiger partial charge in [-0.1, -0.05) is 18.2 Å². The summed E-state index contributed by atoms with van der Waals surface area (Å²) in [5.74, 6) is 5.82. The molecule has 6 nitrogen and oxygen atoms in total. The Balaban J connectivity index is 2.02. The quantitative estimate of drug-likeness (QED) is 0.415. The first-order valence-corrected chi connectivity index (χ1v) is 6.14. The Kier molecular flexibility index (Phi) is 4.75. The fraction of sp³-hybridized carbons (Fsp3) is 0.214. The van der Waals surface area contributed by atoms with Crippen molar-refractivity contribution in [2.24, 2.45) is 5.84 Å². The number of hydrogen-bond donors (Lipinski definition) is 3. The van der Waals surface area contributed by atoms with Crippen LogP contribution in [-0.2, 0) is 13.0 Å². The van der Waals surface area contributed by atoms with E-state index in [0.717, 1.165) is 5.56 Å². The molecule has 1 heterocycles. The molecule has 2 aromatic rings. The van der Waals surface area contributed by atoms with E-state index in [1.165, 1.54) is 6.26 Å². The van der Waals surface area contributed by atoms with Crippen LogP contribution in [0.2, 0.25) is 0 Å². The number of ether oxygens (including phenoxy) is 1. The number of para-hydroxylation sites is 1. The summed E-state index contributed by atoms with van der Waals surface area (Å²) < 4.78 is 10.9. The third-order valence-electron chi connectivity index (χ3n) is 2.77. The van der Waals surface area contributed by atoms with Crippen molar-refractivity contribution < 1.29 is 19.1 Å². The van der Waals surface area contributed by atoms with Crippen molar-refractivity contribution in [2.75, 3.05) is 6.61 Å². The van der Waals surface area contributed by atoms with E-state index in [0.29, 0.717) is 23.5 Å². The molecule has 0 saturated carbocycles. The lowest BCUT2D eigenvalue weighted by atomic mass is 10.1. The SMILES string of the molecule is NNC(=O)c1coc(COc2ccccc2CCO)c1. The van der Waals surface area contributed by atoms with E-state index in [-0.39, 0.29) is 13.2 Å². The number of nitrogen functional groups attached to an aromatic ring is 1. The number of furan rings is 1. The second-order valence-electron chi connectivity index (χ2n) is 4.15. The van der Waals surface area contributed by atoms with Gasteiger partial charge in [0.1, 0.15) is 24.4 Å². The van der Waals surface area contributed by atoms with Gasteiger partial charge in [-0.2, -0.15) is 0 Å². The summed E-state index contributed by atoms with van der Waals surface area (Å²) in [6.45, 7) is 0.252. The van der Waals surface area contributed by atoms with Crippen molar-refractivity contribution in [1.29, 1.82) is 0 Å². The molecule has 20 heavy (non-hydrogen) atoms. The minimum absolute atomic E-state index is 0.0575. The zero-order chi connectivity index (χ0) is 14.4. The summed E-state index contributed by atoms with van der Waals surface area (Å²) in [5, 5.41) is 8.99. The Labute approximate surface area is 116 Å². The summed E-state index contributed by atoms with van der Waals surface area (Å²) in [7, 11) is 0. The molecule has 1 aromatic carbocycles. The van der Waals surface area contributed by atoms with Gasteiger partial charge in [-0.3, -0.25) is 10.2 Å². The first-order valence-electron chi connectivity index (χ1n) is 6.14. The highest BCUT2D eigenvalue weighted by Crippen LogP contribution is 2.20. The van der Waals surface area contributed by atoms with E-state index in [4.69, 9.17) is 20.1 Å². The van der Waals surface area contributed by atoms with Gasteiger partial charge in [0, 0.05) is 6.61 Å². The van der Waals surface area contributed by atoms with Crippen LogP contribution in [0.4, 0.5) is 0 Å². The normalized spacial score (nSPS) is 10.3. The topological polar surface area (TPSA) is 97.7 Å². The zero-order valence-electron chi connectivity index (χ0n) is 10.8. The van der Waals surface area contributed by atoms with Gasteiger partial charge < -0.3 is 14.3 Å².